The van der Waals surface area contributed by atoms with Gasteiger partial charge in [0.15, 0.2) is 0 Å². The second kappa shape index (κ2) is 6.87. The van der Waals surface area contributed by atoms with Gasteiger partial charge in [0.2, 0.25) is 0 Å². The van der Waals surface area contributed by atoms with Gasteiger partial charge in [0.1, 0.15) is 5.82 Å². The molecule has 2 heterocycles. The van der Waals surface area contributed by atoms with Crippen molar-refractivity contribution in [2.24, 2.45) is 7.05 Å². The van der Waals surface area contributed by atoms with Crippen LogP contribution in [0.2, 0.25) is 0 Å². The van der Waals surface area contributed by atoms with Crippen LogP contribution in [0.4, 0.5) is 0 Å². The lowest BCUT2D eigenvalue weighted by Crippen LogP contribution is -2.34. The first-order valence-electron chi connectivity index (χ1n) is 7.14. The van der Waals surface area contributed by atoms with Gasteiger partial charge >= 0.3 is 0 Å². The fraction of sp³-hybridized carbons (Fsp3) is 0.533. The van der Waals surface area contributed by atoms with E-state index in [0.717, 1.165) is 18.5 Å². The molecular weight excluding hydrogens is 286 g/mol. The number of rotatable bonds is 4. The van der Waals surface area contributed by atoms with Gasteiger partial charge in [0, 0.05) is 49.1 Å². The monoisotopic (exact) mass is 307 g/mol. The molecule has 0 bridgehead atoms. The average molecular weight is 307 g/mol. The number of fused-ring (bicyclic) bond motifs is 1. The summed E-state index contributed by atoms with van der Waals surface area (Å²) in [4.78, 5) is 4.73. The fourth-order valence-corrected chi connectivity index (χ4v) is 5.01. The maximum absolute atomic E-state index is 4.73. The third-order valence-corrected chi connectivity index (χ3v) is 6.19. The predicted octanol–water partition coefficient (Wildman–Crippen LogP) is 2.55. The Hall–Kier alpha value is -0.650. The summed E-state index contributed by atoms with van der Waals surface area (Å²) < 4.78 is 2.22. The minimum atomic E-state index is 0.655. The van der Waals surface area contributed by atoms with Crippen molar-refractivity contribution < 1.29 is 0 Å². The number of thioether (sulfide) groups is 2. The number of imidazole rings is 1. The summed E-state index contributed by atoms with van der Waals surface area (Å²) in [6, 6.07) is 9.01. The van der Waals surface area contributed by atoms with Gasteiger partial charge in [-0.2, -0.15) is 23.5 Å². The summed E-state index contributed by atoms with van der Waals surface area (Å²) in [6.07, 6.45) is 0.997. The molecule has 1 saturated heterocycles. The van der Waals surface area contributed by atoms with Gasteiger partial charge in [0.25, 0.3) is 0 Å². The van der Waals surface area contributed by atoms with Crippen molar-refractivity contribution in [2.75, 3.05) is 29.6 Å². The fourth-order valence-electron chi connectivity index (χ4n) is 2.54. The molecule has 20 heavy (non-hydrogen) atoms. The third kappa shape index (κ3) is 3.32. The lowest BCUT2D eigenvalue weighted by atomic mass is 10.3. The van der Waals surface area contributed by atoms with Crippen LogP contribution in [0.15, 0.2) is 24.3 Å². The van der Waals surface area contributed by atoms with Crippen LogP contribution in [0.5, 0.6) is 0 Å². The van der Waals surface area contributed by atoms with Gasteiger partial charge in [-0.3, -0.25) is 0 Å². The highest BCUT2D eigenvalue weighted by Crippen LogP contribution is 2.17. The first-order valence-corrected chi connectivity index (χ1v) is 9.45. The molecule has 3 rings (SSSR count). The number of hydrogen-bond acceptors (Lipinski definition) is 4. The lowest BCUT2D eigenvalue weighted by Gasteiger charge is -2.15. The van der Waals surface area contributed by atoms with Crippen molar-refractivity contribution >= 4 is 34.6 Å². The van der Waals surface area contributed by atoms with Crippen molar-refractivity contribution in [1.29, 1.82) is 0 Å². The number of aryl methyl sites for hydroxylation is 1. The smallest absolute Gasteiger partial charge is 0.110 e. The number of aromatic nitrogens is 2. The topological polar surface area (TPSA) is 29.9 Å². The van der Waals surface area contributed by atoms with Gasteiger partial charge in [-0.05, 0) is 12.1 Å². The minimum Gasteiger partial charge on any atom is -0.331 e. The van der Waals surface area contributed by atoms with Crippen molar-refractivity contribution in [3.8, 4) is 0 Å². The molecule has 0 unspecified atom stereocenters. The summed E-state index contributed by atoms with van der Waals surface area (Å²) in [5.74, 6) is 6.26. The highest BCUT2D eigenvalue weighted by atomic mass is 32.2. The molecule has 5 heteroatoms. The summed E-state index contributed by atoms with van der Waals surface area (Å²) in [6.45, 7) is 1.02. The van der Waals surface area contributed by atoms with E-state index in [0.29, 0.717) is 6.04 Å². The van der Waals surface area contributed by atoms with E-state index in [4.69, 9.17) is 4.98 Å². The molecule has 2 aromatic rings. The second-order valence-electron chi connectivity index (χ2n) is 5.13. The van der Waals surface area contributed by atoms with Gasteiger partial charge < -0.3 is 9.88 Å². The van der Waals surface area contributed by atoms with Crippen molar-refractivity contribution in [3.05, 3.63) is 30.1 Å². The Morgan fingerprint density at radius 1 is 1.25 bits per heavy atom. The van der Waals surface area contributed by atoms with E-state index in [2.05, 4.69) is 64.7 Å². The van der Waals surface area contributed by atoms with Crippen LogP contribution in [0.1, 0.15) is 5.82 Å². The van der Waals surface area contributed by atoms with E-state index in [9.17, 15) is 0 Å². The number of benzene rings is 1. The quantitative estimate of drug-likeness (QED) is 0.940. The molecule has 0 atom stereocenters. The normalized spacial score (nSPS) is 17.4. The Morgan fingerprint density at radius 2 is 2.00 bits per heavy atom. The number of para-hydroxylation sites is 2. The molecule has 1 aromatic heterocycles. The molecular formula is C15H21N3S2. The van der Waals surface area contributed by atoms with Crippen LogP contribution in [0.3, 0.4) is 0 Å². The molecule has 0 amide bonds. The molecule has 0 aliphatic carbocycles. The molecule has 0 radical (unpaired) electrons. The highest BCUT2D eigenvalue weighted by Gasteiger charge is 2.12. The van der Waals surface area contributed by atoms with Gasteiger partial charge in [-0.25, -0.2) is 4.98 Å². The molecule has 1 N–H and O–H groups in total. The molecule has 1 fully saturated rings. The molecule has 108 valence electrons. The van der Waals surface area contributed by atoms with E-state index in [1.165, 1.54) is 34.4 Å². The van der Waals surface area contributed by atoms with Crippen LogP contribution in [-0.4, -0.2) is 45.1 Å². The third-order valence-electron chi connectivity index (χ3n) is 3.67. The summed E-state index contributed by atoms with van der Waals surface area (Å²) in [5.41, 5.74) is 2.33. The Bertz CT molecular complexity index is 559. The molecule has 1 aromatic carbocycles. The van der Waals surface area contributed by atoms with Crippen molar-refractivity contribution in [1.82, 2.24) is 14.9 Å². The zero-order chi connectivity index (χ0) is 13.8. The standard InChI is InChI=1S/C15H21N3S2/c1-18-14-5-3-2-4-13(14)17-15(18)6-7-16-12-10-19-8-9-20-11-12/h2-5,12,16H,6-11H2,1H3. The van der Waals surface area contributed by atoms with E-state index < -0.39 is 0 Å². The molecule has 3 nitrogen and oxygen atoms in total. The predicted molar refractivity (Wildman–Crippen MR) is 90.9 cm³/mol. The van der Waals surface area contributed by atoms with E-state index in [-0.39, 0.29) is 0 Å². The van der Waals surface area contributed by atoms with Gasteiger partial charge in [0.05, 0.1) is 11.0 Å². The largest absolute Gasteiger partial charge is 0.331 e. The van der Waals surface area contributed by atoms with Gasteiger partial charge in [-0.1, -0.05) is 12.1 Å². The Kier molecular flexibility index (Phi) is 4.91. The zero-order valence-electron chi connectivity index (χ0n) is 11.8. The second-order valence-corrected chi connectivity index (χ2v) is 7.43. The van der Waals surface area contributed by atoms with Crippen LogP contribution >= 0.6 is 23.5 Å². The molecule has 1 aliphatic heterocycles. The van der Waals surface area contributed by atoms with E-state index in [1.54, 1.807) is 0 Å². The Balaban J connectivity index is 1.58. The molecule has 1 aliphatic rings. The van der Waals surface area contributed by atoms with Crippen LogP contribution < -0.4 is 5.32 Å². The molecule has 0 spiro atoms. The van der Waals surface area contributed by atoms with Gasteiger partial charge in [-0.15, -0.1) is 0 Å². The number of nitrogens with one attached hydrogen (secondary N) is 1. The van der Waals surface area contributed by atoms with E-state index in [1.807, 2.05) is 0 Å². The maximum atomic E-state index is 4.73. The van der Waals surface area contributed by atoms with Crippen LogP contribution in [-0.2, 0) is 13.5 Å². The lowest BCUT2D eigenvalue weighted by molar-refractivity contribution is 0.591. The molecule has 0 saturated carbocycles. The number of hydrogen-bond donors (Lipinski definition) is 1. The van der Waals surface area contributed by atoms with Crippen molar-refractivity contribution in [3.63, 3.8) is 0 Å². The first-order chi connectivity index (χ1) is 9.84. The van der Waals surface area contributed by atoms with Crippen LogP contribution in [0.25, 0.3) is 11.0 Å². The average Bonchev–Trinajstić information content (AvgIpc) is 2.66. The van der Waals surface area contributed by atoms with E-state index >= 15 is 0 Å². The van der Waals surface area contributed by atoms with Crippen LogP contribution in [0, 0.1) is 0 Å². The summed E-state index contributed by atoms with van der Waals surface area (Å²) in [5, 5.41) is 3.69. The Labute approximate surface area is 128 Å². The summed E-state index contributed by atoms with van der Waals surface area (Å²) >= 11 is 4.15. The SMILES string of the molecule is Cn1c(CCNC2CSCCSC2)nc2ccccc21. The zero-order valence-corrected chi connectivity index (χ0v) is 13.5. The minimum absolute atomic E-state index is 0.655. The highest BCUT2D eigenvalue weighted by molar-refractivity contribution is 8.03. The number of nitrogens with zero attached hydrogens (tertiary/aromatic N) is 2. The van der Waals surface area contributed by atoms with Crippen molar-refractivity contribution in [2.45, 2.75) is 12.5 Å². The first kappa shape index (κ1) is 14.3. The maximum Gasteiger partial charge on any atom is 0.110 e. The summed E-state index contributed by atoms with van der Waals surface area (Å²) in [7, 11) is 2.11. The Morgan fingerprint density at radius 3 is 2.75 bits per heavy atom.